The number of aryl methyl sites for hydroxylation is 1. The summed E-state index contributed by atoms with van der Waals surface area (Å²) in [4.78, 5) is 23.8. The monoisotopic (exact) mass is 406 g/mol. The first-order valence-corrected chi connectivity index (χ1v) is 8.89. The van der Waals surface area contributed by atoms with Crippen molar-refractivity contribution in [2.45, 2.75) is 13.3 Å². The van der Waals surface area contributed by atoms with Crippen molar-refractivity contribution >= 4 is 40.1 Å². The Labute approximate surface area is 165 Å². The molecule has 0 unspecified atom stereocenters. The highest BCUT2D eigenvalue weighted by Crippen LogP contribution is 2.36. The van der Waals surface area contributed by atoms with Crippen LogP contribution in [0.2, 0.25) is 10.0 Å². The Morgan fingerprint density at radius 2 is 1.93 bits per heavy atom. The normalized spacial score (nSPS) is 10.8. The van der Waals surface area contributed by atoms with Gasteiger partial charge in [-0.3, -0.25) is 9.59 Å². The van der Waals surface area contributed by atoms with Crippen LogP contribution in [0.4, 0.5) is 0 Å². The Morgan fingerprint density at radius 3 is 2.67 bits per heavy atom. The summed E-state index contributed by atoms with van der Waals surface area (Å²) in [5, 5.41) is 1.23. The van der Waals surface area contributed by atoms with Gasteiger partial charge in [-0.15, -0.1) is 0 Å². The Balaban J connectivity index is 2.09. The van der Waals surface area contributed by atoms with Crippen LogP contribution >= 0.6 is 23.2 Å². The lowest BCUT2D eigenvalue weighted by Gasteiger charge is -2.13. The van der Waals surface area contributed by atoms with Gasteiger partial charge in [-0.25, -0.2) is 0 Å². The molecule has 0 aliphatic carbocycles. The lowest BCUT2D eigenvalue weighted by molar-refractivity contribution is -0.141. The van der Waals surface area contributed by atoms with Crippen molar-refractivity contribution < 1.29 is 18.7 Å². The van der Waals surface area contributed by atoms with E-state index in [0.29, 0.717) is 38.1 Å². The number of hydrogen-bond donors (Lipinski definition) is 0. The van der Waals surface area contributed by atoms with E-state index in [-0.39, 0.29) is 18.5 Å². The molecular formula is C20H16Cl2O5. The smallest absolute Gasteiger partial charge is 0.308 e. The van der Waals surface area contributed by atoms with E-state index in [4.69, 9.17) is 32.4 Å². The number of para-hydroxylation sites is 1. The number of halogens is 2. The lowest BCUT2D eigenvalue weighted by atomic mass is 10.1. The maximum Gasteiger partial charge on any atom is 0.308 e. The molecule has 0 radical (unpaired) electrons. The van der Waals surface area contributed by atoms with Gasteiger partial charge in [-0.05, 0) is 36.8 Å². The first kappa shape index (κ1) is 19.3. The Morgan fingerprint density at radius 1 is 1.15 bits per heavy atom. The van der Waals surface area contributed by atoms with Gasteiger partial charge in [0, 0.05) is 11.1 Å². The molecule has 7 heteroatoms. The summed E-state index contributed by atoms with van der Waals surface area (Å²) in [7, 11) is 1.31. The average molecular weight is 407 g/mol. The lowest BCUT2D eigenvalue weighted by Crippen LogP contribution is -2.08. The van der Waals surface area contributed by atoms with Crippen molar-refractivity contribution in [3.63, 3.8) is 0 Å². The topological polar surface area (TPSA) is 65.7 Å². The van der Waals surface area contributed by atoms with Gasteiger partial charge in [-0.1, -0.05) is 29.3 Å². The molecule has 27 heavy (non-hydrogen) atoms. The Hall–Kier alpha value is -2.50. The highest BCUT2D eigenvalue weighted by molar-refractivity contribution is 6.34. The van der Waals surface area contributed by atoms with Crippen molar-refractivity contribution in [3.05, 3.63) is 62.2 Å². The first-order chi connectivity index (χ1) is 12.9. The number of benzene rings is 2. The van der Waals surface area contributed by atoms with E-state index in [9.17, 15) is 9.59 Å². The minimum Gasteiger partial charge on any atom is -0.492 e. The number of rotatable bonds is 5. The summed E-state index contributed by atoms with van der Waals surface area (Å²) in [5.74, 6) is 0.302. The van der Waals surface area contributed by atoms with E-state index in [1.165, 1.54) is 13.2 Å². The van der Waals surface area contributed by atoms with Crippen molar-refractivity contribution in [2.24, 2.45) is 0 Å². The van der Waals surface area contributed by atoms with Crippen LogP contribution in [0.1, 0.15) is 12.0 Å². The molecule has 0 fully saturated rings. The van der Waals surface area contributed by atoms with Crippen LogP contribution in [-0.4, -0.2) is 19.7 Å². The second-order valence-corrected chi connectivity index (χ2v) is 6.68. The zero-order chi connectivity index (χ0) is 19.6. The minimum absolute atomic E-state index is 0.0783. The summed E-state index contributed by atoms with van der Waals surface area (Å²) in [5.41, 5.74) is 1.41. The van der Waals surface area contributed by atoms with Gasteiger partial charge in [0.1, 0.15) is 11.5 Å². The highest BCUT2D eigenvalue weighted by Gasteiger charge is 2.16. The molecule has 3 aromatic rings. The second-order valence-electron chi connectivity index (χ2n) is 5.86. The summed E-state index contributed by atoms with van der Waals surface area (Å²) in [6, 6.07) is 9.76. The van der Waals surface area contributed by atoms with Gasteiger partial charge in [0.2, 0.25) is 0 Å². The number of esters is 1. The van der Waals surface area contributed by atoms with Gasteiger partial charge in [-0.2, -0.15) is 0 Å². The maximum absolute atomic E-state index is 12.5. The molecular weight excluding hydrogens is 391 g/mol. The van der Waals surface area contributed by atoms with E-state index < -0.39 is 5.97 Å². The van der Waals surface area contributed by atoms with Crippen LogP contribution in [0.25, 0.3) is 22.3 Å². The van der Waals surface area contributed by atoms with Gasteiger partial charge in [0.15, 0.2) is 11.0 Å². The SMILES string of the molecule is COC(=O)CCOc1cc(Cl)c(C)cc1-c1cc(=O)c2cccc(Cl)c2o1. The van der Waals surface area contributed by atoms with E-state index in [1.807, 2.05) is 6.92 Å². The zero-order valence-electron chi connectivity index (χ0n) is 14.7. The largest absolute Gasteiger partial charge is 0.492 e. The summed E-state index contributed by atoms with van der Waals surface area (Å²) >= 11 is 12.4. The van der Waals surface area contributed by atoms with Crippen molar-refractivity contribution in [2.75, 3.05) is 13.7 Å². The molecule has 0 spiro atoms. The van der Waals surface area contributed by atoms with Crippen molar-refractivity contribution in [1.29, 1.82) is 0 Å². The molecule has 0 saturated carbocycles. The number of hydrogen-bond acceptors (Lipinski definition) is 5. The first-order valence-electron chi connectivity index (χ1n) is 8.13. The fourth-order valence-corrected chi connectivity index (χ4v) is 2.96. The van der Waals surface area contributed by atoms with Crippen LogP contribution in [0.15, 0.2) is 45.6 Å². The zero-order valence-corrected chi connectivity index (χ0v) is 16.2. The van der Waals surface area contributed by atoms with Gasteiger partial charge in [0.05, 0.1) is 36.1 Å². The molecule has 0 N–H and O–H groups in total. The number of fused-ring (bicyclic) bond motifs is 1. The van der Waals surface area contributed by atoms with Crippen LogP contribution < -0.4 is 10.2 Å². The highest BCUT2D eigenvalue weighted by atomic mass is 35.5. The molecule has 0 aliphatic rings. The van der Waals surface area contributed by atoms with E-state index in [2.05, 4.69) is 4.74 Å². The predicted molar refractivity (Wildman–Crippen MR) is 105 cm³/mol. The number of methoxy groups -OCH3 is 1. The van der Waals surface area contributed by atoms with E-state index in [0.717, 1.165) is 5.56 Å². The van der Waals surface area contributed by atoms with Crippen molar-refractivity contribution in [3.8, 4) is 17.1 Å². The maximum atomic E-state index is 12.5. The van der Waals surface area contributed by atoms with E-state index >= 15 is 0 Å². The number of carbonyl (C=O) groups excluding carboxylic acids is 1. The third-order valence-electron chi connectivity index (χ3n) is 4.02. The van der Waals surface area contributed by atoms with Gasteiger partial charge in [0.25, 0.3) is 0 Å². The summed E-state index contributed by atoms with van der Waals surface area (Å²) < 4.78 is 16.2. The van der Waals surface area contributed by atoms with Crippen LogP contribution in [0, 0.1) is 6.92 Å². The van der Waals surface area contributed by atoms with E-state index in [1.54, 1.807) is 30.3 Å². The van der Waals surface area contributed by atoms with Crippen LogP contribution in [-0.2, 0) is 9.53 Å². The third kappa shape index (κ3) is 4.10. The molecule has 0 saturated heterocycles. The molecule has 140 valence electrons. The molecule has 1 heterocycles. The molecule has 3 rings (SSSR count). The molecule has 0 amide bonds. The van der Waals surface area contributed by atoms with Crippen LogP contribution in [0.5, 0.6) is 5.75 Å². The molecule has 0 bridgehead atoms. The molecule has 5 nitrogen and oxygen atoms in total. The quantitative estimate of drug-likeness (QED) is 0.556. The Bertz CT molecular complexity index is 1070. The molecule has 1 aromatic heterocycles. The third-order valence-corrected chi connectivity index (χ3v) is 4.73. The molecule has 0 aliphatic heterocycles. The summed E-state index contributed by atoms with van der Waals surface area (Å²) in [6.07, 6.45) is 0.0783. The van der Waals surface area contributed by atoms with Gasteiger partial charge >= 0.3 is 5.97 Å². The number of carbonyl (C=O) groups is 1. The minimum atomic E-state index is -0.390. The second kappa shape index (κ2) is 8.03. The Kier molecular flexibility index (Phi) is 5.73. The van der Waals surface area contributed by atoms with Gasteiger partial charge < -0.3 is 13.9 Å². The fraction of sp³-hybridized carbons (Fsp3) is 0.200. The standard InChI is InChI=1S/C20H16Cl2O5/c1-11-8-13(17(9-15(11)22)26-7-6-19(24)25-2)18-10-16(23)12-4-3-5-14(21)20(12)27-18/h3-5,8-10H,6-7H2,1-2H3. The summed E-state index contributed by atoms with van der Waals surface area (Å²) in [6.45, 7) is 1.92. The van der Waals surface area contributed by atoms with Crippen molar-refractivity contribution in [1.82, 2.24) is 0 Å². The fourth-order valence-electron chi connectivity index (χ4n) is 2.60. The number of ether oxygens (including phenoxy) is 2. The molecule has 0 atom stereocenters. The average Bonchev–Trinajstić information content (AvgIpc) is 2.65. The van der Waals surface area contributed by atoms with Crippen LogP contribution in [0.3, 0.4) is 0 Å². The molecule has 2 aromatic carbocycles. The predicted octanol–water partition coefficient (Wildman–Crippen LogP) is 5.02.